The molecule has 0 saturated carbocycles. The zero-order valence-corrected chi connectivity index (χ0v) is 24.4. The number of unbranched alkanes of at least 4 members (excludes halogenated alkanes) is 8. The number of ketones is 1. The molecule has 1 atom stereocenters. The molecule has 224 valence electrons. The number of likely N-dealkylation sites (tertiary alicyclic amines) is 1. The van der Waals surface area contributed by atoms with Gasteiger partial charge in [-0.15, -0.1) is 0 Å². The molecular weight excluding hydrogens is 536 g/mol. The zero-order chi connectivity index (χ0) is 30.3. The molecule has 1 heterocycles. The van der Waals surface area contributed by atoms with Gasteiger partial charge < -0.3 is 10.0 Å². The lowest BCUT2D eigenvalue weighted by atomic mass is 9.92. The minimum absolute atomic E-state index is 0.109. The molecule has 2 aromatic rings. The Bertz CT molecular complexity index is 1250. The molecule has 0 aromatic heterocycles. The average Bonchev–Trinajstić information content (AvgIpc) is 2.97. The summed E-state index contributed by atoms with van der Waals surface area (Å²) in [5.74, 6) is -3.93. The van der Waals surface area contributed by atoms with Crippen molar-refractivity contribution in [2.75, 3.05) is 13.1 Å². The summed E-state index contributed by atoms with van der Waals surface area (Å²) in [5.41, 5.74) is 0.707. The number of Topliss-reactive ketones (excluding diaryl/α,β-unsaturated/α-hetero) is 1. The Kier molecular flexibility index (Phi) is 13.3. The third-order valence-corrected chi connectivity index (χ3v) is 7.39. The van der Waals surface area contributed by atoms with Gasteiger partial charge in [0.1, 0.15) is 11.6 Å². The summed E-state index contributed by atoms with van der Waals surface area (Å²) < 4.78 is 28.9. The second-order valence-electron chi connectivity index (χ2n) is 10.8. The molecule has 3 rings (SSSR count). The number of carbonyl (C=O) groups is 3. The van der Waals surface area contributed by atoms with Crippen LogP contribution >= 0.6 is 0 Å². The highest BCUT2D eigenvalue weighted by atomic mass is 19.1. The molecular formula is C35H41F2NO4. The van der Waals surface area contributed by atoms with Gasteiger partial charge in [-0.1, -0.05) is 100 Å². The minimum Gasteiger partial charge on any atom is -0.481 e. The molecule has 1 N–H and O–H groups in total. The van der Waals surface area contributed by atoms with Gasteiger partial charge in [-0.25, -0.2) is 8.78 Å². The SMILES string of the molecule is CCCCCCCCCC/C=C/C(CC(=O)O)C(=O)N1C/C(=C/c2ccccc2F)C(=O)/C(=C/c2ccccc2F)C1. The Morgan fingerprint density at radius 3 is 1.83 bits per heavy atom. The van der Waals surface area contributed by atoms with E-state index >= 15 is 0 Å². The van der Waals surface area contributed by atoms with Crippen molar-refractivity contribution in [2.24, 2.45) is 5.92 Å². The summed E-state index contributed by atoms with van der Waals surface area (Å²) in [6, 6.07) is 12.0. The number of allylic oxidation sites excluding steroid dienone is 1. The van der Waals surface area contributed by atoms with Gasteiger partial charge >= 0.3 is 5.97 Å². The third kappa shape index (κ3) is 10.2. The molecule has 0 radical (unpaired) electrons. The van der Waals surface area contributed by atoms with Gasteiger partial charge in [0, 0.05) is 35.4 Å². The number of aliphatic carboxylic acids is 1. The third-order valence-electron chi connectivity index (χ3n) is 7.39. The molecule has 42 heavy (non-hydrogen) atoms. The van der Waals surface area contributed by atoms with Crippen LogP contribution in [0.15, 0.2) is 71.8 Å². The smallest absolute Gasteiger partial charge is 0.304 e. The summed E-state index contributed by atoms with van der Waals surface area (Å²) in [6.45, 7) is 1.98. The van der Waals surface area contributed by atoms with E-state index in [9.17, 15) is 28.3 Å². The molecule has 0 aliphatic carbocycles. The molecule has 1 aliphatic heterocycles. The van der Waals surface area contributed by atoms with Crippen molar-refractivity contribution in [3.8, 4) is 0 Å². The Hall–Kier alpha value is -3.87. The first-order valence-electron chi connectivity index (χ1n) is 14.9. The standard InChI is InChI=1S/C35H41F2NO4/c1-2-3-4-5-6-7-8-9-10-11-18-28(23-33(39)40)35(42)38-24-29(21-26-16-12-14-19-31(26)36)34(41)30(25-38)22-27-17-13-15-20-32(27)37/h11-22,28H,2-10,23-25H2,1H3,(H,39,40)/b18-11+,29-21-,30-22+. The van der Waals surface area contributed by atoms with Crippen LogP contribution in [-0.4, -0.2) is 40.8 Å². The Morgan fingerprint density at radius 2 is 1.33 bits per heavy atom. The van der Waals surface area contributed by atoms with E-state index in [2.05, 4.69) is 6.92 Å². The van der Waals surface area contributed by atoms with E-state index in [1.807, 2.05) is 6.08 Å². The number of rotatable bonds is 15. The topological polar surface area (TPSA) is 74.7 Å². The number of benzene rings is 2. The maximum atomic E-state index is 14.4. The monoisotopic (exact) mass is 577 g/mol. The number of hydrogen-bond donors (Lipinski definition) is 1. The summed E-state index contributed by atoms with van der Waals surface area (Å²) >= 11 is 0. The highest BCUT2D eigenvalue weighted by Gasteiger charge is 2.33. The van der Waals surface area contributed by atoms with E-state index in [1.54, 1.807) is 18.2 Å². The minimum atomic E-state index is -1.11. The van der Waals surface area contributed by atoms with Crippen LogP contribution in [0.25, 0.3) is 12.2 Å². The van der Waals surface area contributed by atoms with Crippen LogP contribution < -0.4 is 0 Å². The van der Waals surface area contributed by atoms with Crippen molar-refractivity contribution in [1.29, 1.82) is 0 Å². The van der Waals surface area contributed by atoms with Crippen molar-refractivity contribution in [3.63, 3.8) is 0 Å². The van der Waals surface area contributed by atoms with Crippen LogP contribution in [0.1, 0.15) is 82.3 Å². The lowest BCUT2D eigenvalue weighted by molar-refractivity contribution is -0.143. The van der Waals surface area contributed by atoms with Crippen molar-refractivity contribution >= 4 is 29.8 Å². The number of carboxylic acids is 1. The Morgan fingerprint density at radius 1 is 0.833 bits per heavy atom. The van der Waals surface area contributed by atoms with E-state index < -0.39 is 41.6 Å². The first kappa shape index (κ1) is 32.6. The van der Waals surface area contributed by atoms with Crippen LogP contribution in [0.2, 0.25) is 0 Å². The van der Waals surface area contributed by atoms with Gasteiger partial charge in [0.05, 0.1) is 12.3 Å². The summed E-state index contributed by atoms with van der Waals surface area (Å²) in [4.78, 5) is 40.1. The summed E-state index contributed by atoms with van der Waals surface area (Å²) in [6.07, 6.45) is 16.1. The van der Waals surface area contributed by atoms with Crippen molar-refractivity contribution in [2.45, 2.75) is 71.1 Å². The van der Waals surface area contributed by atoms with Crippen molar-refractivity contribution in [3.05, 3.63) is 94.6 Å². The van der Waals surface area contributed by atoms with E-state index in [0.29, 0.717) is 0 Å². The average molecular weight is 578 g/mol. The van der Waals surface area contributed by atoms with Gasteiger partial charge in [-0.3, -0.25) is 14.4 Å². The zero-order valence-electron chi connectivity index (χ0n) is 24.4. The van der Waals surface area contributed by atoms with Crippen molar-refractivity contribution in [1.82, 2.24) is 4.90 Å². The van der Waals surface area contributed by atoms with Crippen LogP contribution in [0.5, 0.6) is 0 Å². The lowest BCUT2D eigenvalue weighted by Gasteiger charge is -2.32. The van der Waals surface area contributed by atoms with Crippen LogP contribution in [0.3, 0.4) is 0 Å². The number of nitrogens with zero attached hydrogens (tertiary/aromatic N) is 1. The maximum absolute atomic E-state index is 14.4. The van der Waals surface area contributed by atoms with Gasteiger partial charge in [0.2, 0.25) is 5.91 Å². The fourth-order valence-electron chi connectivity index (χ4n) is 5.07. The number of halogens is 2. The van der Waals surface area contributed by atoms with Crippen LogP contribution in [0.4, 0.5) is 8.78 Å². The van der Waals surface area contributed by atoms with Gasteiger partial charge in [-0.05, 0) is 37.1 Å². The molecule has 7 heteroatoms. The molecule has 1 unspecified atom stereocenters. The molecule has 1 aliphatic rings. The highest BCUT2D eigenvalue weighted by Crippen LogP contribution is 2.26. The van der Waals surface area contributed by atoms with Crippen LogP contribution in [0, 0.1) is 17.6 Å². The second-order valence-corrected chi connectivity index (χ2v) is 10.8. The van der Waals surface area contributed by atoms with E-state index in [-0.39, 0.29) is 35.4 Å². The molecule has 5 nitrogen and oxygen atoms in total. The molecule has 2 aromatic carbocycles. The predicted octanol–water partition coefficient (Wildman–Crippen LogP) is 8.02. The van der Waals surface area contributed by atoms with Crippen LogP contribution in [-0.2, 0) is 14.4 Å². The van der Waals surface area contributed by atoms with Gasteiger partial charge in [0.15, 0.2) is 5.78 Å². The Labute approximate surface area is 247 Å². The molecule has 1 saturated heterocycles. The van der Waals surface area contributed by atoms with Crippen molar-refractivity contribution < 1.29 is 28.3 Å². The highest BCUT2D eigenvalue weighted by molar-refractivity contribution is 6.15. The maximum Gasteiger partial charge on any atom is 0.304 e. The fourth-order valence-corrected chi connectivity index (χ4v) is 5.07. The largest absolute Gasteiger partial charge is 0.481 e. The fraction of sp³-hybridized carbons (Fsp3) is 0.400. The lowest BCUT2D eigenvalue weighted by Crippen LogP contribution is -2.44. The summed E-state index contributed by atoms with van der Waals surface area (Å²) in [7, 11) is 0. The first-order chi connectivity index (χ1) is 20.3. The predicted molar refractivity (Wildman–Crippen MR) is 162 cm³/mol. The van der Waals surface area contributed by atoms with E-state index in [4.69, 9.17) is 0 Å². The second kappa shape index (κ2) is 17.2. The normalized spacial score (nSPS) is 16.5. The number of carboxylic acid groups (broad SMARTS) is 1. The molecule has 1 amide bonds. The van der Waals surface area contributed by atoms with Gasteiger partial charge in [0.25, 0.3) is 0 Å². The number of amides is 1. The number of piperidine rings is 1. The number of hydrogen-bond acceptors (Lipinski definition) is 3. The molecule has 0 bridgehead atoms. The molecule has 1 fully saturated rings. The summed E-state index contributed by atoms with van der Waals surface area (Å²) in [5, 5.41) is 9.52. The Balaban J connectivity index is 1.79. The number of carbonyl (C=O) groups excluding carboxylic acids is 2. The van der Waals surface area contributed by atoms with E-state index in [0.717, 1.165) is 25.7 Å². The quantitative estimate of drug-likeness (QED) is 0.132. The first-order valence-corrected chi connectivity index (χ1v) is 14.9. The van der Waals surface area contributed by atoms with E-state index in [1.165, 1.54) is 85.6 Å². The van der Waals surface area contributed by atoms with Gasteiger partial charge in [-0.2, -0.15) is 0 Å². The molecule has 0 spiro atoms.